The first-order chi connectivity index (χ1) is 17.5. The number of hydrogen-bond donors (Lipinski definition) is 1. The lowest BCUT2D eigenvalue weighted by Gasteiger charge is -2.38. The van der Waals surface area contributed by atoms with Crippen molar-refractivity contribution >= 4 is 10.9 Å². The van der Waals surface area contributed by atoms with E-state index in [0.717, 1.165) is 60.3 Å². The summed E-state index contributed by atoms with van der Waals surface area (Å²) in [5.74, 6) is 1.94. The highest BCUT2D eigenvalue weighted by Gasteiger charge is 2.36. The summed E-state index contributed by atoms with van der Waals surface area (Å²) in [6, 6.07) is 8.21. The van der Waals surface area contributed by atoms with Gasteiger partial charge in [-0.3, -0.25) is 9.69 Å². The van der Waals surface area contributed by atoms with E-state index in [1.807, 2.05) is 35.9 Å². The zero-order valence-electron chi connectivity index (χ0n) is 21.7. The van der Waals surface area contributed by atoms with Crippen molar-refractivity contribution in [2.24, 2.45) is 5.92 Å². The normalized spacial score (nSPS) is 19.6. The van der Waals surface area contributed by atoms with Crippen molar-refractivity contribution < 1.29 is 9.47 Å². The van der Waals surface area contributed by atoms with Gasteiger partial charge in [-0.05, 0) is 73.2 Å². The van der Waals surface area contributed by atoms with Gasteiger partial charge < -0.3 is 14.5 Å². The fourth-order valence-corrected chi connectivity index (χ4v) is 5.86. The maximum atomic E-state index is 13.2. The standard InChI is InChI=1S/C27H38N6O3/c1-4-35-22-11-12-24-19(15-22)14-20(27(34)28-24)16-32(21-8-5-6-9-21)25(18(2)3)26-29-30-31-33(26)17-23-10-7-13-36-23/h11-12,14-15,18,21,23,25H,4-10,13,16-17H2,1-3H3,(H,28,34)/t23-,25+/m0/s1. The van der Waals surface area contributed by atoms with Crippen LogP contribution in [0.3, 0.4) is 0 Å². The lowest BCUT2D eigenvalue weighted by molar-refractivity contribution is 0.0718. The Morgan fingerprint density at radius 2 is 2.03 bits per heavy atom. The Morgan fingerprint density at radius 3 is 2.75 bits per heavy atom. The van der Waals surface area contributed by atoms with E-state index in [9.17, 15) is 4.79 Å². The molecule has 1 saturated heterocycles. The van der Waals surface area contributed by atoms with E-state index in [2.05, 4.69) is 39.3 Å². The number of H-pyrrole nitrogens is 1. The molecule has 9 heteroatoms. The SMILES string of the molecule is CCOc1ccc2[nH]c(=O)c(CN(C3CCCC3)[C@@H](c3nnnn3C[C@@H]3CCCO3)C(C)C)cc2c1. The van der Waals surface area contributed by atoms with E-state index in [1.165, 1.54) is 12.8 Å². The molecule has 2 aromatic heterocycles. The largest absolute Gasteiger partial charge is 0.494 e. The van der Waals surface area contributed by atoms with Gasteiger partial charge in [0.25, 0.3) is 5.56 Å². The van der Waals surface area contributed by atoms with Gasteiger partial charge in [-0.15, -0.1) is 5.10 Å². The number of nitrogens with zero attached hydrogens (tertiary/aromatic N) is 5. The molecule has 0 spiro atoms. The molecule has 1 aromatic carbocycles. The van der Waals surface area contributed by atoms with Crippen LogP contribution in [0.2, 0.25) is 0 Å². The Kier molecular flexibility index (Phi) is 7.67. The fourth-order valence-electron chi connectivity index (χ4n) is 5.86. The molecule has 5 rings (SSSR count). The summed E-state index contributed by atoms with van der Waals surface area (Å²) < 4.78 is 13.5. The van der Waals surface area contributed by atoms with Crippen LogP contribution in [0.1, 0.15) is 76.7 Å². The van der Waals surface area contributed by atoms with Gasteiger partial charge in [-0.2, -0.15) is 0 Å². The van der Waals surface area contributed by atoms with Crippen LogP contribution >= 0.6 is 0 Å². The topological polar surface area (TPSA) is 98.2 Å². The van der Waals surface area contributed by atoms with Crippen molar-refractivity contribution in [3.8, 4) is 5.75 Å². The number of pyridine rings is 1. The smallest absolute Gasteiger partial charge is 0.252 e. The van der Waals surface area contributed by atoms with Crippen LogP contribution in [0.25, 0.3) is 10.9 Å². The summed E-state index contributed by atoms with van der Waals surface area (Å²) >= 11 is 0. The van der Waals surface area contributed by atoms with Gasteiger partial charge in [-0.25, -0.2) is 4.68 Å². The molecule has 194 valence electrons. The van der Waals surface area contributed by atoms with Crippen molar-refractivity contribution in [2.45, 2.75) is 90.6 Å². The molecular weight excluding hydrogens is 456 g/mol. The summed E-state index contributed by atoms with van der Waals surface area (Å²) in [6.07, 6.45) is 6.93. The van der Waals surface area contributed by atoms with Gasteiger partial charge in [0.15, 0.2) is 5.82 Å². The fraction of sp³-hybridized carbons (Fsp3) is 0.630. The highest BCUT2D eigenvalue weighted by atomic mass is 16.5. The van der Waals surface area contributed by atoms with Crippen LogP contribution in [-0.2, 0) is 17.8 Å². The van der Waals surface area contributed by atoms with E-state index < -0.39 is 0 Å². The molecule has 1 N–H and O–H groups in total. The highest BCUT2D eigenvalue weighted by molar-refractivity contribution is 5.80. The number of ether oxygens (including phenoxy) is 2. The second kappa shape index (κ2) is 11.1. The summed E-state index contributed by atoms with van der Waals surface area (Å²) in [4.78, 5) is 18.8. The molecule has 0 amide bonds. The Bertz CT molecular complexity index is 1210. The molecule has 2 aliphatic rings. The van der Waals surface area contributed by atoms with Gasteiger partial charge in [-0.1, -0.05) is 26.7 Å². The Balaban J connectivity index is 1.50. The van der Waals surface area contributed by atoms with Crippen molar-refractivity contribution in [2.75, 3.05) is 13.2 Å². The summed E-state index contributed by atoms with van der Waals surface area (Å²) in [6.45, 7) is 9.03. The maximum absolute atomic E-state index is 13.2. The molecular formula is C27H38N6O3. The predicted molar refractivity (Wildman–Crippen MR) is 138 cm³/mol. The van der Waals surface area contributed by atoms with E-state index in [1.54, 1.807) is 0 Å². The lowest BCUT2D eigenvalue weighted by atomic mass is 9.97. The molecule has 1 saturated carbocycles. The van der Waals surface area contributed by atoms with E-state index in [0.29, 0.717) is 25.7 Å². The summed E-state index contributed by atoms with van der Waals surface area (Å²) in [5, 5.41) is 13.9. The lowest BCUT2D eigenvalue weighted by Crippen LogP contribution is -2.41. The van der Waals surface area contributed by atoms with Crippen molar-refractivity contribution in [3.05, 3.63) is 46.0 Å². The quantitative estimate of drug-likeness (QED) is 0.450. The second-order valence-electron chi connectivity index (χ2n) is 10.5. The van der Waals surface area contributed by atoms with Crippen LogP contribution in [0.4, 0.5) is 0 Å². The van der Waals surface area contributed by atoms with E-state index in [-0.39, 0.29) is 23.6 Å². The Hall–Kier alpha value is -2.78. The number of hydrogen-bond acceptors (Lipinski definition) is 7. The third kappa shape index (κ3) is 5.32. The van der Waals surface area contributed by atoms with Crippen LogP contribution in [-0.4, -0.2) is 55.5 Å². The number of rotatable bonds is 10. The average molecular weight is 495 g/mol. The first kappa shape index (κ1) is 24.9. The van der Waals surface area contributed by atoms with Gasteiger partial charge in [0.2, 0.25) is 0 Å². The Morgan fingerprint density at radius 1 is 1.19 bits per heavy atom. The molecule has 36 heavy (non-hydrogen) atoms. The van der Waals surface area contributed by atoms with Gasteiger partial charge >= 0.3 is 0 Å². The minimum Gasteiger partial charge on any atom is -0.494 e. The van der Waals surface area contributed by atoms with Crippen molar-refractivity contribution in [3.63, 3.8) is 0 Å². The number of aromatic amines is 1. The molecule has 1 aliphatic heterocycles. The third-order valence-corrected chi connectivity index (χ3v) is 7.56. The molecule has 0 bridgehead atoms. The van der Waals surface area contributed by atoms with Gasteiger partial charge in [0.1, 0.15) is 5.75 Å². The number of benzene rings is 1. The monoisotopic (exact) mass is 494 g/mol. The zero-order valence-corrected chi connectivity index (χ0v) is 21.7. The molecule has 3 heterocycles. The highest BCUT2D eigenvalue weighted by Crippen LogP contribution is 2.36. The van der Waals surface area contributed by atoms with Gasteiger partial charge in [0.05, 0.1) is 25.3 Å². The number of fused-ring (bicyclic) bond motifs is 1. The number of aromatic nitrogens is 5. The molecule has 3 aromatic rings. The predicted octanol–water partition coefficient (Wildman–Crippen LogP) is 4.23. The molecule has 9 nitrogen and oxygen atoms in total. The number of tetrazole rings is 1. The molecule has 2 fully saturated rings. The van der Waals surface area contributed by atoms with Crippen molar-refractivity contribution in [1.29, 1.82) is 0 Å². The minimum atomic E-state index is -0.0453. The maximum Gasteiger partial charge on any atom is 0.252 e. The minimum absolute atomic E-state index is 0.00522. The van der Waals surface area contributed by atoms with Crippen LogP contribution in [0, 0.1) is 5.92 Å². The number of nitrogens with one attached hydrogen (secondary N) is 1. The molecule has 1 aliphatic carbocycles. The van der Waals surface area contributed by atoms with Crippen molar-refractivity contribution in [1.82, 2.24) is 30.1 Å². The van der Waals surface area contributed by atoms with Crippen LogP contribution in [0.15, 0.2) is 29.1 Å². The first-order valence-electron chi connectivity index (χ1n) is 13.5. The Labute approximate surface area is 212 Å². The first-order valence-corrected chi connectivity index (χ1v) is 13.5. The summed E-state index contributed by atoms with van der Waals surface area (Å²) in [5.41, 5.74) is 1.53. The zero-order chi connectivity index (χ0) is 25.1. The second-order valence-corrected chi connectivity index (χ2v) is 10.5. The summed E-state index contributed by atoms with van der Waals surface area (Å²) in [7, 11) is 0. The molecule has 0 unspecified atom stereocenters. The van der Waals surface area contributed by atoms with E-state index in [4.69, 9.17) is 9.47 Å². The van der Waals surface area contributed by atoms with Crippen LogP contribution < -0.4 is 10.3 Å². The average Bonchev–Trinajstić information content (AvgIpc) is 3.64. The molecule has 0 radical (unpaired) electrons. The van der Waals surface area contributed by atoms with E-state index >= 15 is 0 Å². The van der Waals surface area contributed by atoms with Gasteiger partial charge in [0, 0.05) is 35.7 Å². The van der Waals surface area contributed by atoms with Crippen LogP contribution in [0.5, 0.6) is 5.75 Å². The third-order valence-electron chi connectivity index (χ3n) is 7.56. The molecule has 2 atom stereocenters.